The quantitative estimate of drug-likeness (QED) is 0.128. The first-order valence-corrected chi connectivity index (χ1v) is 13.9. The number of Topliss-reactive ketones (excluding diaryl/α,β-unsaturated/α-hetero) is 1. The van der Waals surface area contributed by atoms with Crippen molar-refractivity contribution in [1.82, 2.24) is 4.90 Å². The van der Waals surface area contributed by atoms with E-state index in [1.54, 1.807) is 29.2 Å². The van der Waals surface area contributed by atoms with Crippen LogP contribution in [0.25, 0.3) is 5.76 Å². The number of ether oxygens (including phenoxy) is 2. The third kappa shape index (κ3) is 6.49. The van der Waals surface area contributed by atoms with Gasteiger partial charge in [-0.15, -0.1) is 0 Å². The molecule has 1 fully saturated rings. The maximum Gasteiger partial charge on any atom is 0.295 e. The third-order valence-corrected chi connectivity index (χ3v) is 7.05. The van der Waals surface area contributed by atoms with Gasteiger partial charge in [0, 0.05) is 12.1 Å². The number of aliphatic hydroxyl groups is 1. The highest BCUT2D eigenvalue weighted by Crippen LogP contribution is 2.40. The number of likely N-dealkylation sites (tertiary alicyclic amines) is 1. The van der Waals surface area contributed by atoms with Gasteiger partial charge in [-0.05, 0) is 53.8 Å². The number of ketones is 1. The lowest BCUT2D eigenvalue weighted by molar-refractivity contribution is -0.139. The monoisotopic (exact) mass is 547 g/mol. The van der Waals surface area contributed by atoms with Crippen LogP contribution in [0.1, 0.15) is 41.6 Å². The SMILES string of the molecule is CCCOc1cccc(/C(O)=C2\C(=O)C(=O)N(CCc3ccccc3)C2c2ccc(OCc3ccccc3)cc2)c1. The van der Waals surface area contributed by atoms with E-state index in [0.29, 0.717) is 48.8 Å². The highest BCUT2D eigenvalue weighted by Gasteiger charge is 2.45. The number of nitrogens with zero attached hydrogens (tertiary/aromatic N) is 1. The predicted octanol–water partition coefficient (Wildman–Crippen LogP) is 6.72. The summed E-state index contributed by atoms with van der Waals surface area (Å²) >= 11 is 0. The molecule has 41 heavy (non-hydrogen) atoms. The van der Waals surface area contributed by atoms with Crippen LogP contribution in [0.5, 0.6) is 11.5 Å². The van der Waals surface area contributed by atoms with Gasteiger partial charge >= 0.3 is 0 Å². The molecule has 1 saturated heterocycles. The molecule has 0 radical (unpaired) electrons. The number of benzene rings is 4. The second-order valence-corrected chi connectivity index (χ2v) is 9.95. The van der Waals surface area contributed by atoms with E-state index in [2.05, 4.69) is 0 Å². The summed E-state index contributed by atoms with van der Waals surface area (Å²) in [6, 6.07) is 33.3. The Labute approximate surface area is 240 Å². The normalized spacial score (nSPS) is 16.1. The average molecular weight is 548 g/mol. The average Bonchev–Trinajstić information content (AvgIpc) is 3.28. The molecule has 5 rings (SSSR count). The smallest absolute Gasteiger partial charge is 0.295 e. The van der Waals surface area contributed by atoms with Crippen molar-refractivity contribution in [1.29, 1.82) is 0 Å². The fourth-order valence-electron chi connectivity index (χ4n) is 4.95. The van der Waals surface area contributed by atoms with Crippen LogP contribution < -0.4 is 9.47 Å². The van der Waals surface area contributed by atoms with Gasteiger partial charge < -0.3 is 19.5 Å². The van der Waals surface area contributed by atoms with Crippen molar-refractivity contribution in [2.24, 2.45) is 0 Å². The van der Waals surface area contributed by atoms with E-state index in [1.807, 2.05) is 91.9 Å². The predicted molar refractivity (Wildman–Crippen MR) is 159 cm³/mol. The molecule has 1 aliphatic heterocycles. The summed E-state index contributed by atoms with van der Waals surface area (Å²) in [5.41, 5.74) is 3.31. The number of amides is 1. The molecular weight excluding hydrogens is 514 g/mol. The van der Waals surface area contributed by atoms with E-state index in [-0.39, 0.29) is 11.3 Å². The van der Waals surface area contributed by atoms with Crippen LogP contribution in [0.4, 0.5) is 0 Å². The van der Waals surface area contributed by atoms with Crippen LogP contribution in [0, 0.1) is 0 Å². The minimum absolute atomic E-state index is 0.0636. The Morgan fingerprint density at radius 3 is 2.15 bits per heavy atom. The topological polar surface area (TPSA) is 76.1 Å². The van der Waals surface area contributed by atoms with E-state index in [1.165, 1.54) is 0 Å². The van der Waals surface area contributed by atoms with E-state index < -0.39 is 17.7 Å². The summed E-state index contributed by atoms with van der Waals surface area (Å²) in [7, 11) is 0. The van der Waals surface area contributed by atoms with Crippen molar-refractivity contribution in [2.45, 2.75) is 32.4 Å². The molecule has 1 N–H and O–H groups in total. The minimum Gasteiger partial charge on any atom is -0.507 e. The molecule has 0 aliphatic carbocycles. The van der Waals surface area contributed by atoms with E-state index in [9.17, 15) is 14.7 Å². The van der Waals surface area contributed by atoms with Gasteiger partial charge in [-0.25, -0.2) is 0 Å². The molecule has 6 nitrogen and oxygen atoms in total. The summed E-state index contributed by atoms with van der Waals surface area (Å²) in [4.78, 5) is 28.4. The Kier molecular flexibility index (Phi) is 8.79. The number of aliphatic hydroxyl groups excluding tert-OH is 1. The zero-order chi connectivity index (χ0) is 28.6. The standard InChI is InChI=1S/C35H33NO5/c1-2-22-40-30-15-9-14-28(23-30)33(37)31-32(36(35(39)34(31)38)21-20-25-10-5-3-6-11-25)27-16-18-29(19-17-27)41-24-26-12-7-4-8-13-26/h3-19,23,32,37H,2,20-22,24H2,1H3/b33-31+. The van der Waals surface area contributed by atoms with Crippen molar-refractivity contribution < 1.29 is 24.2 Å². The van der Waals surface area contributed by atoms with Crippen LogP contribution in [-0.2, 0) is 22.6 Å². The molecule has 0 aromatic heterocycles. The third-order valence-electron chi connectivity index (χ3n) is 7.05. The highest BCUT2D eigenvalue weighted by molar-refractivity contribution is 6.46. The van der Waals surface area contributed by atoms with Crippen molar-refractivity contribution in [3.8, 4) is 11.5 Å². The van der Waals surface area contributed by atoms with Crippen LogP contribution in [-0.4, -0.2) is 34.8 Å². The van der Waals surface area contributed by atoms with Crippen molar-refractivity contribution in [3.05, 3.63) is 137 Å². The fourth-order valence-corrected chi connectivity index (χ4v) is 4.95. The summed E-state index contributed by atoms with van der Waals surface area (Å²) < 4.78 is 11.7. The molecule has 6 heteroatoms. The summed E-state index contributed by atoms with van der Waals surface area (Å²) in [6.45, 7) is 3.29. The zero-order valence-corrected chi connectivity index (χ0v) is 23.0. The van der Waals surface area contributed by atoms with E-state index in [0.717, 1.165) is 17.5 Å². The molecule has 1 aliphatic rings. The minimum atomic E-state index is -0.748. The van der Waals surface area contributed by atoms with Gasteiger partial charge in [-0.2, -0.15) is 0 Å². The molecule has 0 saturated carbocycles. The Morgan fingerprint density at radius 2 is 1.46 bits per heavy atom. The van der Waals surface area contributed by atoms with Gasteiger partial charge in [0.25, 0.3) is 11.7 Å². The summed E-state index contributed by atoms with van der Waals surface area (Å²) in [6.07, 6.45) is 1.41. The second-order valence-electron chi connectivity index (χ2n) is 9.95. The maximum absolute atomic E-state index is 13.4. The van der Waals surface area contributed by atoms with Gasteiger partial charge in [0.15, 0.2) is 0 Å². The van der Waals surface area contributed by atoms with Crippen LogP contribution in [0.15, 0.2) is 115 Å². The number of carbonyl (C=O) groups excluding carboxylic acids is 2. The molecule has 0 spiro atoms. The number of hydrogen-bond acceptors (Lipinski definition) is 5. The van der Waals surface area contributed by atoms with Crippen LogP contribution in [0.2, 0.25) is 0 Å². The van der Waals surface area contributed by atoms with Crippen LogP contribution >= 0.6 is 0 Å². The molecule has 4 aromatic carbocycles. The van der Waals surface area contributed by atoms with Gasteiger partial charge in [-0.1, -0.05) is 91.9 Å². The summed E-state index contributed by atoms with van der Waals surface area (Å²) in [5.74, 6) is -0.299. The molecular formula is C35H33NO5. The first kappa shape index (κ1) is 27.7. The highest BCUT2D eigenvalue weighted by atomic mass is 16.5. The largest absolute Gasteiger partial charge is 0.507 e. The van der Waals surface area contributed by atoms with Gasteiger partial charge in [-0.3, -0.25) is 9.59 Å². The first-order chi connectivity index (χ1) is 20.0. The number of carbonyl (C=O) groups is 2. The van der Waals surface area contributed by atoms with Crippen LogP contribution in [0.3, 0.4) is 0 Å². The lowest BCUT2D eigenvalue weighted by Gasteiger charge is -2.25. The van der Waals surface area contributed by atoms with E-state index in [4.69, 9.17) is 9.47 Å². The summed E-state index contributed by atoms with van der Waals surface area (Å²) in [5, 5.41) is 11.5. The molecule has 1 unspecified atom stereocenters. The van der Waals surface area contributed by atoms with Crippen molar-refractivity contribution >= 4 is 17.4 Å². The Morgan fingerprint density at radius 1 is 0.780 bits per heavy atom. The Bertz CT molecular complexity index is 1510. The van der Waals surface area contributed by atoms with Crippen molar-refractivity contribution in [3.63, 3.8) is 0 Å². The first-order valence-electron chi connectivity index (χ1n) is 13.9. The lowest BCUT2D eigenvalue weighted by Crippen LogP contribution is -2.31. The number of rotatable bonds is 11. The molecule has 4 aromatic rings. The molecule has 1 atom stereocenters. The van der Waals surface area contributed by atoms with Gasteiger partial charge in [0.05, 0.1) is 18.2 Å². The Hall–Kier alpha value is -4.84. The lowest BCUT2D eigenvalue weighted by atomic mass is 9.95. The van der Waals surface area contributed by atoms with Gasteiger partial charge in [0.1, 0.15) is 23.9 Å². The molecule has 1 heterocycles. The van der Waals surface area contributed by atoms with Crippen molar-refractivity contribution in [2.75, 3.05) is 13.2 Å². The van der Waals surface area contributed by atoms with E-state index >= 15 is 0 Å². The maximum atomic E-state index is 13.4. The molecule has 208 valence electrons. The fraction of sp³-hybridized carbons (Fsp3) is 0.200. The molecule has 0 bridgehead atoms. The van der Waals surface area contributed by atoms with Gasteiger partial charge in [0.2, 0.25) is 0 Å². The number of hydrogen-bond donors (Lipinski definition) is 1. The Balaban J connectivity index is 1.48. The molecule has 1 amide bonds. The second kappa shape index (κ2) is 13.0. The zero-order valence-electron chi connectivity index (χ0n) is 23.0.